The third-order valence-electron chi connectivity index (χ3n) is 6.42. The van der Waals surface area contributed by atoms with Gasteiger partial charge in [0, 0.05) is 54.5 Å². The number of nitriles is 1. The van der Waals surface area contributed by atoms with Gasteiger partial charge in [-0.15, -0.1) is 0 Å². The van der Waals surface area contributed by atoms with Crippen LogP contribution in [0.25, 0.3) is 21.9 Å². The molecule has 0 bridgehead atoms. The Bertz CT molecular complexity index is 1440. The van der Waals surface area contributed by atoms with Crippen molar-refractivity contribution in [1.82, 2.24) is 14.9 Å². The molecule has 3 heterocycles. The Morgan fingerprint density at radius 3 is 2.63 bits per heavy atom. The highest BCUT2D eigenvalue weighted by atomic mass is 19.1. The van der Waals surface area contributed by atoms with E-state index < -0.39 is 5.82 Å². The van der Waals surface area contributed by atoms with Crippen LogP contribution in [0.3, 0.4) is 0 Å². The van der Waals surface area contributed by atoms with Gasteiger partial charge in [0.15, 0.2) is 0 Å². The number of carbonyl (C=O) groups excluding carboxylic acids is 1. The minimum Gasteiger partial charge on any atom is -0.382 e. The smallest absolute Gasteiger partial charge is 0.255 e. The fraction of sp³-hybridized carbons (Fsp3) is 0.214. The summed E-state index contributed by atoms with van der Waals surface area (Å²) in [6.07, 6.45) is 6.78. The summed E-state index contributed by atoms with van der Waals surface area (Å²) in [4.78, 5) is 23.2. The predicted molar refractivity (Wildman–Crippen MR) is 133 cm³/mol. The van der Waals surface area contributed by atoms with Crippen LogP contribution in [0.5, 0.6) is 0 Å². The molecule has 0 radical (unpaired) electrons. The van der Waals surface area contributed by atoms with Gasteiger partial charge in [0.1, 0.15) is 5.82 Å². The number of carbonyl (C=O) groups is 1. The Labute approximate surface area is 203 Å². The summed E-state index contributed by atoms with van der Waals surface area (Å²) in [5.74, 6) is -0.434. The predicted octanol–water partition coefficient (Wildman–Crippen LogP) is 5.33. The SMILES string of the molecule is Cc1ccc(C(=O)N2CCC(Nc3cc(-c4cc(F)cc(C#N)c4)cc4ccncc34)CC2)cn1. The highest BCUT2D eigenvalue weighted by Gasteiger charge is 2.24. The van der Waals surface area contributed by atoms with E-state index in [-0.39, 0.29) is 17.5 Å². The van der Waals surface area contributed by atoms with E-state index in [2.05, 4.69) is 15.3 Å². The van der Waals surface area contributed by atoms with Gasteiger partial charge < -0.3 is 10.2 Å². The molecule has 2 aromatic carbocycles. The van der Waals surface area contributed by atoms with Crippen LogP contribution in [0.1, 0.15) is 34.5 Å². The molecule has 0 unspecified atom stereocenters. The Morgan fingerprint density at radius 2 is 1.89 bits per heavy atom. The monoisotopic (exact) mass is 465 g/mol. The van der Waals surface area contributed by atoms with Gasteiger partial charge >= 0.3 is 0 Å². The highest BCUT2D eigenvalue weighted by Crippen LogP contribution is 2.33. The van der Waals surface area contributed by atoms with Gasteiger partial charge in [-0.25, -0.2) is 4.39 Å². The molecule has 4 aromatic rings. The fourth-order valence-electron chi connectivity index (χ4n) is 4.53. The van der Waals surface area contributed by atoms with Crippen molar-refractivity contribution in [1.29, 1.82) is 5.26 Å². The molecule has 0 saturated carbocycles. The van der Waals surface area contributed by atoms with Gasteiger partial charge in [0.2, 0.25) is 0 Å². The van der Waals surface area contributed by atoms with Crippen molar-refractivity contribution in [3.8, 4) is 17.2 Å². The highest BCUT2D eigenvalue weighted by molar-refractivity contribution is 5.97. The van der Waals surface area contributed by atoms with Crippen molar-refractivity contribution in [2.75, 3.05) is 18.4 Å². The number of piperidine rings is 1. The van der Waals surface area contributed by atoms with Crippen LogP contribution < -0.4 is 5.32 Å². The molecule has 5 rings (SSSR count). The normalized spacial score (nSPS) is 14.0. The number of amides is 1. The van der Waals surface area contributed by atoms with E-state index in [0.717, 1.165) is 40.6 Å². The lowest BCUT2D eigenvalue weighted by atomic mass is 9.98. The number of likely N-dealkylation sites (tertiary alicyclic amines) is 1. The number of halogens is 1. The van der Waals surface area contributed by atoms with Crippen LogP contribution in [0.15, 0.2) is 67.1 Å². The second kappa shape index (κ2) is 9.51. The zero-order valence-electron chi connectivity index (χ0n) is 19.3. The maximum absolute atomic E-state index is 14.1. The molecule has 2 aromatic heterocycles. The number of pyridine rings is 2. The summed E-state index contributed by atoms with van der Waals surface area (Å²) in [5.41, 5.74) is 4.15. The summed E-state index contributed by atoms with van der Waals surface area (Å²) in [6.45, 7) is 3.20. The van der Waals surface area contributed by atoms with Crippen molar-refractivity contribution in [2.24, 2.45) is 0 Å². The number of aromatic nitrogens is 2. The molecule has 0 atom stereocenters. The molecule has 0 aliphatic carbocycles. The molecule has 35 heavy (non-hydrogen) atoms. The zero-order chi connectivity index (χ0) is 24.4. The van der Waals surface area contributed by atoms with Gasteiger partial charge in [-0.2, -0.15) is 5.26 Å². The minimum absolute atomic E-state index is 0.00648. The Morgan fingerprint density at radius 1 is 1.09 bits per heavy atom. The number of hydrogen-bond acceptors (Lipinski definition) is 5. The van der Waals surface area contributed by atoms with Gasteiger partial charge in [-0.05, 0) is 84.8 Å². The molecule has 1 N–H and O–H groups in total. The van der Waals surface area contributed by atoms with Crippen molar-refractivity contribution in [3.63, 3.8) is 0 Å². The largest absolute Gasteiger partial charge is 0.382 e. The van der Waals surface area contributed by atoms with E-state index in [4.69, 9.17) is 0 Å². The van der Waals surface area contributed by atoms with E-state index >= 15 is 0 Å². The lowest BCUT2D eigenvalue weighted by molar-refractivity contribution is 0.0718. The first-order chi connectivity index (χ1) is 17.0. The molecule has 1 saturated heterocycles. The van der Waals surface area contributed by atoms with Crippen molar-refractivity contribution >= 4 is 22.4 Å². The quantitative estimate of drug-likeness (QED) is 0.440. The molecule has 174 valence electrons. The zero-order valence-corrected chi connectivity index (χ0v) is 19.3. The number of hydrogen-bond donors (Lipinski definition) is 1. The third kappa shape index (κ3) is 4.82. The Balaban J connectivity index is 1.37. The number of rotatable bonds is 4. The average molecular weight is 466 g/mol. The molecule has 1 aliphatic rings. The Kier molecular flexibility index (Phi) is 6.11. The van der Waals surface area contributed by atoms with Gasteiger partial charge in [-0.1, -0.05) is 0 Å². The minimum atomic E-state index is -0.441. The van der Waals surface area contributed by atoms with Crippen LogP contribution in [-0.2, 0) is 0 Å². The van der Waals surface area contributed by atoms with Crippen molar-refractivity contribution in [2.45, 2.75) is 25.8 Å². The van der Waals surface area contributed by atoms with Crippen LogP contribution in [0.2, 0.25) is 0 Å². The van der Waals surface area contributed by atoms with E-state index in [0.29, 0.717) is 24.2 Å². The second-order valence-corrected chi connectivity index (χ2v) is 8.86. The molecule has 1 fully saturated rings. The molecular formula is C28H24FN5O. The standard InChI is InChI=1S/C28H24FN5O/c1-18-2-3-21(16-32-18)28(35)34-8-5-25(6-9-34)33-27-14-23(12-20-4-7-31-17-26(20)27)22-10-19(15-30)11-24(29)13-22/h2-4,7,10-14,16-17,25,33H,5-6,8-9H2,1H3. The first-order valence-corrected chi connectivity index (χ1v) is 11.6. The van der Waals surface area contributed by atoms with Crippen LogP contribution >= 0.6 is 0 Å². The first kappa shape index (κ1) is 22.5. The van der Waals surface area contributed by atoms with E-state index in [1.54, 1.807) is 18.5 Å². The van der Waals surface area contributed by atoms with Crippen LogP contribution in [-0.4, -0.2) is 39.9 Å². The van der Waals surface area contributed by atoms with E-state index in [1.807, 2.05) is 54.4 Å². The molecule has 6 nitrogen and oxygen atoms in total. The van der Waals surface area contributed by atoms with Gasteiger partial charge in [0.05, 0.1) is 17.2 Å². The van der Waals surface area contributed by atoms with Gasteiger partial charge in [0.25, 0.3) is 5.91 Å². The maximum Gasteiger partial charge on any atom is 0.255 e. The second-order valence-electron chi connectivity index (χ2n) is 8.86. The van der Waals surface area contributed by atoms with Crippen LogP contribution in [0.4, 0.5) is 10.1 Å². The summed E-state index contributed by atoms with van der Waals surface area (Å²) in [7, 11) is 0. The number of anilines is 1. The topological polar surface area (TPSA) is 81.9 Å². The molecule has 0 spiro atoms. The van der Waals surface area contributed by atoms with Crippen LogP contribution in [0, 0.1) is 24.1 Å². The van der Waals surface area contributed by atoms with Crippen molar-refractivity contribution < 1.29 is 9.18 Å². The Hall–Kier alpha value is -4.31. The summed E-state index contributed by atoms with van der Waals surface area (Å²) in [5, 5.41) is 14.8. The summed E-state index contributed by atoms with van der Waals surface area (Å²) in [6, 6.07) is 16.1. The van der Waals surface area contributed by atoms with E-state index in [1.165, 1.54) is 12.1 Å². The molecule has 7 heteroatoms. The lowest BCUT2D eigenvalue weighted by Gasteiger charge is -2.33. The van der Waals surface area contributed by atoms with Gasteiger partial charge in [-0.3, -0.25) is 14.8 Å². The third-order valence-corrected chi connectivity index (χ3v) is 6.42. The van der Waals surface area contributed by atoms with E-state index in [9.17, 15) is 14.4 Å². The molecular weight excluding hydrogens is 441 g/mol. The first-order valence-electron chi connectivity index (χ1n) is 11.6. The number of benzene rings is 2. The number of nitrogens with zero attached hydrogens (tertiary/aromatic N) is 4. The maximum atomic E-state index is 14.1. The molecule has 1 aliphatic heterocycles. The fourth-order valence-corrected chi connectivity index (χ4v) is 4.53. The number of fused-ring (bicyclic) bond motifs is 1. The number of aryl methyl sites for hydroxylation is 1. The lowest BCUT2D eigenvalue weighted by Crippen LogP contribution is -2.42. The molecule has 1 amide bonds. The average Bonchev–Trinajstić information content (AvgIpc) is 2.88. The summed E-state index contributed by atoms with van der Waals surface area (Å²) < 4.78 is 14.1. The number of nitrogens with one attached hydrogen (secondary N) is 1. The van der Waals surface area contributed by atoms with Crippen molar-refractivity contribution in [3.05, 3.63) is 89.8 Å². The summed E-state index contributed by atoms with van der Waals surface area (Å²) >= 11 is 0.